The zero-order chi connectivity index (χ0) is 16.2. The Bertz CT molecular complexity index is 625. The normalized spacial score (nSPS) is 16.5. The average Bonchev–Trinajstić information content (AvgIpc) is 2.50. The maximum atomic E-state index is 4.42. The molecule has 1 aliphatic heterocycles. The Morgan fingerprint density at radius 1 is 0.957 bits per heavy atom. The molecular weight excluding hydrogens is 286 g/mol. The van der Waals surface area contributed by atoms with Gasteiger partial charge in [-0.15, -0.1) is 0 Å². The first kappa shape index (κ1) is 15.9. The first-order valence-corrected chi connectivity index (χ1v) is 8.18. The van der Waals surface area contributed by atoms with Crippen LogP contribution in [-0.4, -0.2) is 53.0 Å². The molecule has 3 rings (SSSR count). The highest BCUT2D eigenvalue weighted by molar-refractivity contribution is 5.53. The van der Waals surface area contributed by atoms with E-state index in [0.717, 1.165) is 49.8 Å². The van der Waals surface area contributed by atoms with Crippen molar-refractivity contribution < 1.29 is 0 Å². The van der Waals surface area contributed by atoms with Crippen LogP contribution >= 0.6 is 0 Å². The van der Waals surface area contributed by atoms with Crippen LogP contribution in [-0.2, 0) is 6.54 Å². The fraction of sp³-hybridized carbons (Fsp3) is 0.444. The predicted octanol–water partition coefficient (Wildman–Crippen LogP) is 2.58. The standard InChI is InChI=1S/C18H25N5/c1-14-12-15(2)20-18(19-14)21-17-6-4-16(5-7-17)13-23-10-8-22(3)9-11-23/h4-7,12H,8-11,13H2,1-3H3,(H,19,20,21). The molecule has 122 valence electrons. The second-order valence-corrected chi connectivity index (χ2v) is 6.38. The van der Waals surface area contributed by atoms with Crippen molar-refractivity contribution in [2.75, 3.05) is 38.5 Å². The lowest BCUT2D eigenvalue weighted by Gasteiger charge is -2.32. The van der Waals surface area contributed by atoms with Crippen molar-refractivity contribution in [2.24, 2.45) is 0 Å². The summed E-state index contributed by atoms with van der Waals surface area (Å²) in [6, 6.07) is 10.6. The molecule has 2 aromatic rings. The molecule has 1 saturated heterocycles. The van der Waals surface area contributed by atoms with Crippen LogP contribution in [0.5, 0.6) is 0 Å². The van der Waals surface area contributed by atoms with Crippen LogP contribution in [0.15, 0.2) is 30.3 Å². The summed E-state index contributed by atoms with van der Waals surface area (Å²) in [5.41, 5.74) is 4.33. The van der Waals surface area contributed by atoms with Gasteiger partial charge in [0.05, 0.1) is 0 Å². The number of likely N-dealkylation sites (N-methyl/N-ethyl adjacent to an activating group) is 1. The van der Waals surface area contributed by atoms with E-state index in [0.29, 0.717) is 5.95 Å². The molecule has 1 fully saturated rings. The van der Waals surface area contributed by atoms with E-state index in [9.17, 15) is 0 Å². The number of anilines is 2. The lowest BCUT2D eigenvalue weighted by Crippen LogP contribution is -2.43. The summed E-state index contributed by atoms with van der Waals surface area (Å²) in [6.45, 7) is 9.60. The molecule has 0 saturated carbocycles. The highest BCUT2D eigenvalue weighted by Crippen LogP contribution is 2.16. The van der Waals surface area contributed by atoms with E-state index in [1.54, 1.807) is 0 Å². The van der Waals surface area contributed by atoms with Crippen LogP contribution in [0.4, 0.5) is 11.6 Å². The van der Waals surface area contributed by atoms with Crippen molar-refractivity contribution in [3.05, 3.63) is 47.3 Å². The third-order valence-electron chi connectivity index (χ3n) is 4.19. The second-order valence-electron chi connectivity index (χ2n) is 6.38. The Balaban J connectivity index is 1.60. The highest BCUT2D eigenvalue weighted by atomic mass is 15.2. The molecule has 0 radical (unpaired) electrons. The predicted molar refractivity (Wildman–Crippen MR) is 94.0 cm³/mol. The fourth-order valence-corrected chi connectivity index (χ4v) is 2.87. The third kappa shape index (κ3) is 4.50. The lowest BCUT2D eigenvalue weighted by molar-refractivity contribution is 0.148. The SMILES string of the molecule is Cc1cc(C)nc(Nc2ccc(CN3CCN(C)CC3)cc2)n1. The third-order valence-corrected chi connectivity index (χ3v) is 4.19. The van der Waals surface area contributed by atoms with Crippen LogP contribution < -0.4 is 5.32 Å². The molecule has 0 amide bonds. The summed E-state index contributed by atoms with van der Waals surface area (Å²) in [5.74, 6) is 0.661. The van der Waals surface area contributed by atoms with Gasteiger partial charge < -0.3 is 10.2 Å². The van der Waals surface area contributed by atoms with E-state index in [-0.39, 0.29) is 0 Å². The van der Waals surface area contributed by atoms with E-state index >= 15 is 0 Å². The van der Waals surface area contributed by atoms with Gasteiger partial charge in [-0.25, -0.2) is 9.97 Å². The second kappa shape index (κ2) is 7.06. The Hall–Kier alpha value is -1.98. The minimum absolute atomic E-state index is 0.661. The summed E-state index contributed by atoms with van der Waals surface area (Å²) in [6.07, 6.45) is 0. The highest BCUT2D eigenvalue weighted by Gasteiger charge is 2.13. The summed E-state index contributed by atoms with van der Waals surface area (Å²) >= 11 is 0. The molecule has 23 heavy (non-hydrogen) atoms. The summed E-state index contributed by atoms with van der Waals surface area (Å²) in [7, 11) is 2.19. The molecule has 0 bridgehead atoms. The molecular formula is C18H25N5. The Kier molecular flexibility index (Phi) is 4.88. The molecule has 0 atom stereocenters. The first-order chi connectivity index (χ1) is 11.1. The molecule has 1 aromatic carbocycles. The summed E-state index contributed by atoms with van der Waals surface area (Å²) < 4.78 is 0. The van der Waals surface area contributed by atoms with Gasteiger partial charge in [0.15, 0.2) is 0 Å². The molecule has 0 unspecified atom stereocenters. The number of nitrogens with one attached hydrogen (secondary N) is 1. The van der Waals surface area contributed by atoms with Crippen LogP contribution in [0.25, 0.3) is 0 Å². The van der Waals surface area contributed by atoms with Gasteiger partial charge in [-0.05, 0) is 44.7 Å². The minimum Gasteiger partial charge on any atom is -0.324 e. The lowest BCUT2D eigenvalue weighted by atomic mass is 10.2. The van der Waals surface area contributed by atoms with Gasteiger partial charge >= 0.3 is 0 Å². The maximum Gasteiger partial charge on any atom is 0.227 e. The van der Waals surface area contributed by atoms with E-state index in [1.807, 2.05) is 19.9 Å². The van der Waals surface area contributed by atoms with Gasteiger partial charge in [0.1, 0.15) is 0 Å². The number of benzene rings is 1. The van der Waals surface area contributed by atoms with Gasteiger partial charge in [-0.1, -0.05) is 12.1 Å². The van der Waals surface area contributed by atoms with Crippen LogP contribution in [0.2, 0.25) is 0 Å². The summed E-state index contributed by atoms with van der Waals surface area (Å²) in [5, 5.41) is 3.28. The number of aromatic nitrogens is 2. The van der Waals surface area contributed by atoms with Crippen molar-refractivity contribution in [2.45, 2.75) is 20.4 Å². The average molecular weight is 311 g/mol. The number of rotatable bonds is 4. The fourth-order valence-electron chi connectivity index (χ4n) is 2.87. The van der Waals surface area contributed by atoms with Crippen molar-refractivity contribution in [1.82, 2.24) is 19.8 Å². The molecule has 1 aromatic heterocycles. The van der Waals surface area contributed by atoms with Crippen molar-refractivity contribution in [3.63, 3.8) is 0 Å². The molecule has 0 spiro atoms. The number of piperazine rings is 1. The summed E-state index contributed by atoms with van der Waals surface area (Å²) in [4.78, 5) is 13.7. The smallest absolute Gasteiger partial charge is 0.227 e. The van der Waals surface area contributed by atoms with E-state index in [2.05, 4.69) is 56.4 Å². The zero-order valence-electron chi connectivity index (χ0n) is 14.2. The first-order valence-electron chi connectivity index (χ1n) is 8.18. The van der Waals surface area contributed by atoms with Gasteiger partial charge in [0.25, 0.3) is 0 Å². The van der Waals surface area contributed by atoms with E-state index in [4.69, 9.17) is 0 Å². The van der Waals surface area contributed by atoms with Crippen molar-refractivity contribution in [3.8, 4) is 0 Å². The molecule has 1 aliphatic rings. The number of nitrogens with zero attached hydrogens (tertiary/aromatic N) is 4. The Morgan fingerprint density at radius 2 is 1.57 bits per heavy atom. The van der Waals surface area contributed by atoms with Gasteiger partial charge in [0.2, 0.25) is 5.95 Å². The quantitative estimate of drug-likeness (QED) is 0.940. The maximum absolute atomic E-state index is 4.42. The van der Waals surface area contributed by atoms with E-state index in [1.165, 1.54) is 5.56 Å². The monoisotopic (exact) mass is 311 g/mol. The van der Waals surface area contributed by atoms with Crippen molar-refractivity contribution in [1.29, 1.82) is 0 Å². The number of aryl methyl sites for hydroxylation is 2. The van der Waals surface area contributed by atoms with Crippen LogP contribution in [0.3, 0.4) is 0 Å². The van der Waals surface area contributed by atoms with Crippen LogP contribution in [0.1, 0.15) is 17.0 Å². The molecule has 2 heterocycles. The molecule has 5 nitrogen and oxygen atoms in total. The van der Waals surface area contributed by atoms with Gasteiger partial charge in [-0.3, -0.25) is 4.90 Å². The van der Waals surface area contributed by atoms with Crippen LogP contribution in [0, 0.1) is 13.8 Å². The topological polar surface area (TPSA) is 44.3 Å². The van der Waals surface area contributed by atoms with Crippen molar-refractivity contribution >= 4 is 11.6 Å². The van der Waals surface area contributed by atoms with Gasteiger partial charge in [-0.2, -0.15) is 0 Å². The molecule has 0 aliphatic carbocycles. The minimum atomic E-state index is 0.661. The molecule has 5 heteroatoms. The largest absolute Gasteiger partial charge is 0.324 e. The Morgan fingerprint density at radius 3 is 2.17 bits per heavy atom. The molecule has 1 N–H and O–H groups in total. The van der Waals surface area contributed by atoms with Gasteiger partial charge in [0, 0.05) is 49.8 Å². The van der Waals surface area contributed by atoms with E-state index < -0.39 is 0 Å². The Labute approximate surface area is 138 Å². The number of hydrogen-bond acceptors (Lipinski definition) is 5. The number of hydrogen-bond donors (Lipinski definition) is 1. The zero-order valence-corrected chi connectivity index (χ0v) is 14.2.